The van der Waals surface area contributed by atoms with Gasteiger partial charge in [0.05, 0.1) is 12.2 Å². The van der Waals surface area contributed by atoms with Gasteiger partial charge in [-0.15, -0.1) is 0 Å². The van der Waals surface area contributed by atoms with Crippen LogP contribution in [0.5, 0.6) is 5.75 Å². The summed E-state index contributed by atoms with van der Waals surface area (Å²) in [6.07, 6.45) is 2.26. The highest BCUT2D eigenvalue weighted by atomic mass is 16.5. The number of benzene rings is 1. The lowest BCUT2D eigenvalue weighted by Gasteiger charge is -2.35. The molecule has 3 nitrogen and oxygen atoms in total. The summed E-state index contributed by atoms with van der Waals surface area (Å²) in [5.74, 6) is 1.79. The predicted molar refractivity (Wildman–Crippen MR) is 90.7 cm³/mol. The number of hydrogen-bond donors (Lipinski definition) is 1. The summed E-state index contributed by atoms with van der Waals surface area (Å²) in [7, 11) is 0. The highest BCUT2D eigenvalue weighted by Gasteiger charge is 2.25. The molecule has 0 spiro atoms. The SMILES string of the molecule is C.Cc1c2c(cc3c1N(CC(C)C)CCO3)CCNCC2. The minimum Gasteiger partial charge on any atom is -0.490 e. The van der Waals surface area contributed by atoms with Gasteiger partial charge in [-0.05, 0) is 61.5 Å². The Morgan fingerprint density at radius 3 is 2.81 bits per heavy atom. The molecular formula is C18H30N2O. The third kappa shape index (κ3) is 3.18. The normalized spacial score (nSPS) is 17.4. The summed E-state index contributed by atoms with van der Waals surface area (Å²) in [6.45, 7) is 12.0. The Morgan fingerprint density at radius 2 is 2.05 bits per heavy atom. The molecule has 0 saturated heterocycles. The molecule has 0 aromatic heterocycles. The first kappa shape index (κ1) is 16.2. The number of nitrogens with one attached hydrogen (secondary N) is 1. The van der Waals surface area contributed by atoms with Gasteiger partial charge in [0.1, 0.15) is 12.4 Å². The fourth-order valence-electron chi connectivity index (χ4n) is 3.52. The van der Waals surface area contributed by atoms with Crippen LogP contribution in [0.1, 0.15) is 38.0 Å². The van der Waals surface area contributed by atoms with Gasteiger partial charge in [0.2, 0.25) is 0 Å². The van der Waals surface area contributed by atoms with E-state index >= 15 is 0 Å². The molecular weight excluding hydrogens is 260 g/mol. The summed E-state index contributed by atoms with van der Waals surface area (Å²) >= 11 is 0. The quantitative estimate of drug-likeness (QED) is 0.905. The largest absolute Gasteiger partial charge is 0.490 e. The Bertz CT molecular complexity index is 496. The van der Waals surface area contributed by atoms with Gasteiger partial charge in [0, 0.05) is 6.54 Å². The van der Waals surface area contributed by atoms with Gasteiger partial charge >= 0.3 is 0 Å². The lowest BCUT2D eigenvalue weighted by molar-refractivity contribution is 0.304. The van der Waals surface area contributed by atoms with Crippen molar-refractivity contribution in [1.29, 1.82) is 0 Å². The molecule has 21 heavy (non-hydrogen) atoms. The summed E-state index contributed by atoms with van der Waals surface area (Å²) in [6, 6.07) is 2.30. The first-order valence-corrected chi connectivity index (χ1v) is 7.90. The van der Waals surface area contributed by atoms with Gasteiger partial charge in [-0.3, -0.25) is 0 Å². The van der Waals surface area contributed by atoms with E-state index in [9.17, 15) is 0 Å². The standard InChI is InChI=1S/C17H26N2O.CH4/c1-12(2)11-19-8-9-20-16-10-14-4-6-18-7-5-15(14)13(3)17(16)19;/h10,12,18H,4-9,11H2,1-3H3;1H4. The van der Waals surface area contributed by atoms with E-state index in [2.05, 4.69) is 37.1 Å². The molecule has 1 aromatic carbocycles. The van der Waals surface area contributed by atoms with E-state index in [0.717, 1.165) is 51.4 Å². The molecule has 2 heterocycles. The van der Waals surface area contributed by atoms with E-state index in [4.69, 9.17) is 4.74 Å². The zero-order valence-electron chi connectivity index (χ0n) is 13.0. The van der Waals surface area contributed by atoms with Crippen molar-refractivity contribution in [1.82, 2.24) is 5.32 Å². The number of anilines is 1. The molecule has 1 aromatic rings. The van der Waals surface area contributed by atoms with Crippen LogP contribution in [0.3, 0.4) is 0 Å². The van der Waals surface area contributed by atoms with Crippen molar-refractivity contribution < 1.29 is 4.74 Å². The first-order chi connectivity index (χ1) is 9.66. The van der Waals surface area contributed by atoms with E-state index in [1.165, 1.54) is 16.8 Å². The zero-order valence-corrected chi connectivity index (χ0v) is 13.0. The monoisotopic (exact) mass is 290 g/mol. The highest BCUT2D eigenvalue weighted by Crippen LogP contribution is 2.39. The van der Waals surface area contributed by atoms with E-state index < -0.39 is 0 Å². The molecule has 0 bridgehead atoms. The van der Waals surface area contributed by atoms with E-state index in [1.807, 2.05) is 0 Å². The summed E-state index contributed by atoms with van der Waals surface area (Å²) < 4.78 is 5.96. The van der Waals surface area contributed by atoms with Crippen LogP contribution in [0.25, 0.3) is 0 Å². The summed E-state index contributed by atoms with van der Waals surface area (Å²) in [5, 5.41) is 3.50. The molecule has 0 amide bonds. The van der Waals surface area contributed by atoms with Gasteiger partial charge in [-0.25, -0.2) is 0 Å². The Morgan fingerprint density at radius 1 is 1.29 bits per heavy atom. The summed E-state index contributed by atoms with van der Waals surface area (Å²) in [4.78, 5) is 2.53. The molecule has 3 rings (SSSR count). The lowest BCUT2D eigenvalue weighted by Crippen LogP contribution is -2.36. The molecule has 1 N–H and O–H groups in total. The lowest BCUT2D eigenvalue weighted by atomic mass is 9.94. The van der Waals surface area contributed by atoms with Crippen LogP contribution in [0.4, 0.5) is 5.69 Å². The first-order valence-electron chi connectivity index (χ1n) is 7.90. The average molecular weight is 290 g/mol. The van der Waals surface area contributed by atoms with Crippen LogP contribution in [-0.2, 0) is 12.8 Å². The molecule has 2 aliphatic heterocycles. The Labute approximate surface area is 129 Å². The van der Waals surface area contributed by atoms with Crippen molar-refractivity contribution >= 4 is 5.69 Å². The fraction of sp³-hybridized carbons (Fsp3) is 0.667. The molecule has 0 saturated carbocycles. The van der Waals surface area contributed by atoms with Gasteiger partial charge in [-0.2, -0.15) is 0 Å². The Kier molecular flexibility index (Phi) is 5.15. The number of nitrogens with zero attached hydrogens (tertiary/aromatic N) is 1. The molecule has 0 fully saturated rings. The van der Waals surface area contributed by atoms with Crippen molar-refractivity contribution in [3.63, 3.8) is 0 Å². The average Bonchev–Trinajstić information content (AvgIpc) is 2.63. The Balaban J connectivity index is 0.00000161. The van der Waals surface area contributed by atoms with Crippen LogP contribution in [-0.4, -0.2) is 32.8 Å². The molecule has 0 unspecified atom stereocenters. The molecule has 118 valence electrons. The smallest absolute Gasteiger partial charge is 0.143 e. The minimum absolute atomic E-state index is 0. The maximum absolute atomic E-state index is 5.96. The van der Waals surface area contributed by atoms with Crippen LogP contribution >= 0.6 is 0 Å². The summed E-state index contributed by atoms with van der Waals surface area (Å²) in [5.41, 5.74) is 5.83. The second kappa shape index (κ2) is 6.69. The number of hydrogen-bond acceptors (Lipinski definition) is 3. The van der Waals surface area contributed by atoms with Gasteiger partial charge in [-0.1, -0.05) is 21.3 Å². The maximum Gasteiger partial charge on any atom is 0.143 e. The molecule has 2 aliphatic rings. The third-order valence-electron chi connectivity index (χ3n) is 4.38. The van der Waals surface area contributed by atoms with Crippen molar-refractivity contribution in [3.05, 3.63) is 22.8 Å². The highest BCUT2D eigenvalue weighted by molar-refractivity contribution is 5.69. The zero-order chi connectivity index (χ0) is 14.1. The second-order valence-electron chi connectivity index (χ2n) is 6.42. The van der Waals surface area contributed by atoms with Crippen molar-refractivity contribution in [3.8, 4) is 5.75 Å². The maximum atomic E-state index is 5.96. The molecule has 3 heteroatoms. The number of ether oxygens (including phenoxy) is 1. The van der Waals surface area contributed by atoms with Gasteiger partial charge in [0.25, 0.3) is 0 Å². The van der Waals surface area contributed by atoms with E-state index in [1.54, 1.807) is 5.56 Å². The number of rotatable bonds is 2. The third-order valence-corrected chi connectivity index (χ3v) is 4.38. The molecule has 0 aliphatic carbocycles. The molecule has 0 atom stereocenters. The van der Waals surface area contributed by atoms with Crippen LogP contribution in [0.2, 0.25) is 0 Å². The van der Waals surface area contributed by atoms with Gasteiger partial charge in [0.15, 0.2) is 0 Å². The Hall–Kier alpha value is -1.22. The van der Waals surface area contributed by atoms with Crippen molar-refractivity contribution in [2.75, 3.05) is 37.7 Å². The van der Waals surface area contributed by atoms with Crippen LogP contribution in [0.15, 0.2) is 6.07 Å². The van der Waals surface area contributed by atoms with E-state index in [-0.39, 0.29) is 7.43 Å². The van der Waals surface area contributed by atoms with Gasteiger partial charge < -0.3 is 15.0 Å². The fourth-order valence-corrected chi connectivity index (χ4v) is 3.52. The van der Waals surface area contributed by atoms with Crippen LogP contribution < -0.4 is 15.0 Å². The van der Waals surface area contributed by atoms with Crippen molar-refractivity contribution in [2.45, 2.75) is 41.0 Å². The minimum atomic E-state index is 0. The molecule has 0 radical (unpaired) electrons. The second-order valence-corrected chi connectivity index (χ2v) is 6.42. The van der Waals surface area contributed by atoms with Crippen molar-refractivity contribution in [2.24, 2.45) is 5.92 Å². The number of fused-ring (bicyclic) bond motifs is 2. The predicted octanol–water partition coefficient (Wildman–Crippen LogP) is 3.17. The topological polar surface area (TPSA) is 24.5 Å². The van der Waals surface area contributed by atoms with E-state index in [0.29, 0.717) is 5.92 Å². The van der Waals surface area contributed by atoms with Crippen LogP contribution in [0, 0.1) is 12.8 Å².